The van der Waals surface area contributed by atoms with Crippen molar-refractivity contribution in [1.29, 1.82) is 0 Å². The van der Waals surface area contributed by atoms with Crippen molar-refractivity contribution >= 4 is 34.6 Å². The van der Waals surface area contributed by atoms with Crippen LogP contribution in [-0.2, 0) is 19.8 Å². The Bertz CT molecular complexity index is 767. The molecule has 2 rings (SSSR count). The Morgan fingerprint density at radius 3 is 2.52 bits per heavy atom. The Hall–Kier alpha value is -1.81. The van der Waals surface area contributed by atoms with Crippen LogP contribution in [0.4, 0.5) is 18.9 Å². The fourth-order valence-electron chi connectivity index (χ4n) is 2.14. The van der Waals surface area contributed by atoms with E-state index >= 15 is 0 Å². The number of hydrogen-bond donors (Lipinski definition) is 2. The molecule has 0 fully saturated rings. The highest BCUT2D eigenvalue weighted by Gasteiger charge is 2.38. The van der Waals surface area contributed by atoms with Crippen LogP contribution in [0, 0.1) is 13.8 Å². The second-order valence-electron chi connectivity index (χ2n) is 5.47. The van der Waals surface area contributed by atoms with Crippen molar-refractivity contribution in [3.05, 3.63) is 28.3 Å². The first kappa shape index (κ1) is 19.5. The monoisotopic (exact) mass is 394 g/mol. The average molecular weight is 395 g/mol. The van der Waals surface area contributed by atoms with Crippen LogP contribution in [0.15, 0.2) is 6.20 Å². The molecule has 0 aromatic carbocycles. The van der Waals surface area contributed by atoms with Crippen molar-refractivity contribution in [3.8, 4) is 0 Å². The van der Waals surface area contributed by atoms with Crippen LogP contribution >= 0.6 is 23.8 Å². The lowest BCUT2D eigenvalue weighted by Crippen LogP contribution is -2.30. The summed E-state index contributed by atoms with van der Waals surface area (Å²) in [4.78, 5) is 0. The first-order valence-electron chi connectivity index (χ1n) is 7.44. The van der Waals surface area contributed by atoms with E-state index in [1.54, 1.807) is 10.9 Å². The minimum Gasteiger partial charge on any atom is -0.362 e. The molecule has 11 heteroatoms. The highest BCUT2D eigenvalue weighted by atomic mass is 35.5. The van der Waals surface area contributed by atoms with Crippen molar-refractivity contribution in [1.82, 2.24) is 24.9 Å². The van der Waals surface area contributed by atoms with Gasteiger partial charge in [-0.3, -0.25) is 9.36 Å². The molecular weight excluding hydrogens is 377 g/mol. The Labute approximate surface area is 153 Å². The van der Waals surface area contributed by atoms with E-state index in [9.17, 15) is 13.2 Å². The number of nitrogens with one attached hydrogen (secondary N) is 2. The summed E-state index contributed by atoms with van der Waals surface area (Å²) < 4.78 is 41.3. The summed E-state index contributed by atoms with van der Waals surface area (Å²) >= 11 is 10.9. The standard InChI is InChI=1S/C14H18ClF3N6S/c1-8-10(7-20-23(8)3)21-13(25)19-5-4-6-24-9(2)11(15)12(22-24)14(16,17)18/h7H,4-6H2,1-3H3,(H2,19,21,25). The van der Waals surface area contributed by atoms with Gasteiger partial charge in [-0.2, -0.15) is 23.4 Å². The van der Waals surface area contributed by atoms with Crippen LogP contribution < -0.4 is 10.6 Å². The topological polar surface area (TPSA) is 59.7 Å². The molecule has 0 unspecified atom stereocenters. The minimum atomic E-state index is -4.56. The third-order valence-corrected chi connectivity index (χ3v) is 4.42. The van der Waals surface area contributed by atoms with Crippen molar-refractivity contribution in [3.63, 3.8) is 0 Å². The van der Waals surface area contributed by atoms with Crippen molar-refractivity contribution < 1.29 is 13.2 Å². The van der Waals surface area contributed by atoms with Gasteiger partial charge in [0.1, 0.15) is 0 Å². The van der Waals surface area contributed by atoms with Crippen LogP contribution in [0.5, 0.6) is 0 Å². The first-order valence-corrected chi connectivity index (χ1v) is 8.23. The zero-order valence-corrected chi connectivity index (χ0v) is 15.5. The van der Waals surface area contributed by atoms with Crippen LogP contribution in [0.1, 0.15) is 23.5 Å². The Kier molecular flexibility index (Phi) is 5.94. The fraction of sp³-hybridized carbons (Fsp3) is 0.500. The Morgan fingerprint density at radius 2 is 2.00 bits per heavy atom. The van der Waals surface area contributed by atoms with Gasteiger partial charge in [0.05, 0.1) is 28.3 Å². The van der Waals surface area contributed by atoms with Gasteiger partial charge in [0, 0.05) is 20.1 Å². The van der Waals surface area contributed by atoms with Crippen molar-refractivity contribution in [2.24, 2.45) is 7.05 Å². The van der Waals surface area contributed by atoms with Gasteiger partial charge in [0.2, 0.25) is 0 Å². The van der Waals surface area contributed by atoms with Gasteiger partial charge < -0.3 is 10.6 Å². The van der Waals surface area contributed by atoms with E-state index < -0.39 is 11.9 Å². The number of anilines is 1. The van der Waals surface area contributed by atoms with E-state index in [0.717, 1.165) is 11.4 Å². The van der Waals surface area contributed by atoms with Gasteiger partial charge in [0.25, 0.3) is 0 Å². The van der Waals surface area contributed by atoms with E-state index in [0.29, 0.717) is 30.3 Å². The summed E-state index contributed by atoms with van der Waals surface area (Å²) in [6.45, 7) is 4.18. The lowest BCUT2D eigenvalue weighted by atomic mass is 10.3. The van der Waals surface area contributed by atoms with E-state index in [4.69, 9.17) is 23.8 Å². The van der Waals surface area contributed by atoms with E-state index in [2.05, 4.69) is 20.8 Å². The van der Waals surface area contributed by atoms with Gasteiger partial charge in [0.15, 0.2) is 10.8 Å². The van der Waals surface area contributed by atoms with Crippen LogP contribution in [0.25, 0.3) is 0 Å². The molecule has 138 valence electrons. The van der Waals surface area contributed by atoms with Crippen molar-refractivity contribution in [2.75, 3.05) is 11.9 Å². The molecule has 0 aliphatic carbocycles. The SMILES string of the molecule is Cc1c(NC(=S)NCCCn2nc(C(F)(F)F)c(Cl)c2C)cnn1C. The molecule has 2 aromatic heterocycles. The number of aromatic nitrogens is 4. The molecule has 0 spiro atoms. The molecule has 0 aliphatic rings. The van der Waals surface area contributed by atoms with E-state index in [1.807, 2.05) is 14.0 Å². The van der Waals surface area contributed by atoms with Gasteiger partial charge in [-0.15, -0.1) is 0 Å². The summed E-state index contributed by atoms with van der Waals surface area (Å²) in [5.74, 6) is 0. The molecule has 0 radical (unpaired) electrons. The second kappa shape index (κ2) is 7.61. The summed E-state index contributed by atoms with van der Waals surface area (Å²) in [7, 11) is 1.82. The number of aryl methyl sites for hydroxylation is 2. The molecule has 0 aliphatic heterocycles. The first-order chi connectivity index (χ1) is 11.6. The fourth-order valence-corrected chi connectivity index (χ4v) is 2.60. The number of alkyl halides is 3. The lowest BCUT2D eigenvalue weighted by Gasteiger charge is -2.10. The van der Waals surface area contributed by atoms with Crippen LogP contribution in [-0.4, -0.2) is 31.2 Å². The molecule has 25 heavy (non-hydrogen) atoms. The van der Waals surface area contributed by atoms with E-state index in [-0.39, 0.29) is 5.02 Å². The molecule has 0 saturated heterocycles. The van der Waals surface area contributed by atoms with Gasteiger partial charge in [-0.05, 0) is 32.5 Å². The predicted molar refractivity (Wildman–Crippen MR) is 93.8 cm³/mol. The molecule has 2 N–H and O–H groups in total. The zero-order valence-electron chi connectivity index (χ0n) is 13.9. The van der Waals surface area contributed by atoms with Gasteiger partial charge in [-0.1, -0.05) is 11.6 Å². The maximum atomic E-state index is 12.8. The summed E-state index contributed by atoms with van der Waals surface area (Å²) in [6.07, 6.45) is -2.36. The third kappa shape index (κ3) is 4.63. The average Bonchev–Trinajstić information content (AvgIpc) is 2.99. The molecule has 6 nitrogen and oxygen atoms in total. The molecular formula is C14H18ClF3N6S. The maximum Gasteiger partial charge on any atom is 0.436 e. The number of halogens is 4. The summed E-state index contributed by atoms with van der Waals surface area (Å²) in [6, 6.07) is 0. The number of rotatable bonds is 5. The highest BCUT2D eigenvalue weighted by Crippen LogP contribution is 2.35. The van der Waals surface area contributed by atoms with Crippen LogP contribution in [0.3, 0.4) is 0 Å². The third-order valence-electron chi connectivity index (χ3n) is 3.72. The Balaban J connectivity index is 1.83. The Morgan fingerprint density at radius 1 is 1.32 bits per heavy atom. The number of nitrogens with zero attached hydrogens (tertiary/aromatic N) is 4. The van der Waals surface area contributed by atoms with Crippen LogP contribution in [0.2, 0.25) is 5.02 Å². The number of thiocarbonyl (C=S) groups is 1. The van der Waals surface area contributed by atoms with Gasteiger partial charge >= 0.3 is 6.18 Å². The molecule has 0 bridgehead atoms. The molecule has 0 saturated carbocycles. The normalized spacial score (nSPS) is 11.6. The molecule has 0 atom stereocenters. The smallest absolute Gasteiger partial charge is 0.362 e. The summed E-state index contributed by atoms with van der Waals surface area (Å²) in [5, 5.41) is 13.7. The largest absolute Gasteiger partial charge is 0.436 e. The molecule has 0 amide bonds. The second-order valence-corrected chi connectivity index (χ2v) is 6.26. The molecule has 2 aromatic rings. The van der Waals surface area contributed by atoms with Crippen molar-refractivity contribution in [2.45, 2.75) is 33.0 Å². The summed E-state index contributed by atoms with van der Waals surface area (Å²) in [5.41, 5.74) is 0.972. The maximum absolute atomic E-state index is 12.8. The van der Waals surface area contributed by atoms with E-state index in [1.165, 1.54) is 11.6 Å². The number of hydrogen-bond acceptors (Lipinski definition) is 3. The lowest BCUT2D eigenvalue weighted by molar-refractivity contribution is -0.141. The quantitative estimate of drug-likeness (QED) is 0.602. The molecule has 2 heterocycles. The van der Waals surface area contributed by atoms with Gasteiger partial charge in [-0.25, -0.2) is 0 Å². The highest BCUT2D eigenvalue weighted by molar-refractivity contribution is 7.80. The zero-order chi connectivity index (χ0) is 18.8. The predicted octanol–water partition coefficient (Wildman–Crippen LogP) is 3.28. The minimum absolute atomic E-state index is 0.292.